The summed E-state index contributed by atoms with van der Waals surface area (Å²) in [5.74, 6) is 0.0306. The van der Waals surface area contributed by atoms with Crippen molar-refractivity contribution >= 4 is 34.2 Å². The summed E-state index contributed by atoms with van der Waals surface area (Å²) < 4.78 is 0. The molecule has 0 saturated heterocycles. The summed E-state index contributed by atoms with van der Waals surface area (Å²) in [5.41, 5.74) is 4.80. The Kier molecular flexibility index (Phi) is 7.16. The first kappa shape index (κ1) is 21.0. The van der Waals surface area contributed by atoms with Crippen molar-refractivity contribution in [2.24, 2.45) is 20.5 Å². The molecule has 152 valence electrons. The number of ketones is 1. The van der Waals surface area contributed by atoms with Gasteiger partial charge in [-0.3, -0.25) is 4.79 Å². The Morgan fingerprint density at radius 2 is 0.967 bits per heavy atom. The van der Waals surface area contributed by atoms with E-state index in [1.807, 2.05) is 36.4 Å². The van der Waals surface area contributed by atoms with Gasteiger partial charge in [-0.2, -0.15) is 20.5 Å². The highest BCUT2D eigenvalue weighted by Gasteiger charge is 2.01. The Morgan fingerprint density at radius 3 is 1.30 bits per heavy atom. The van der Waals surface area contributed by atoms with Crippen LogP contribution in [-0.2, 0) is 0 Å². The first-order chi connectivity index (χ1) is 14.6. The van der Waals surface area contributed by atoms with Gasteiger partial charge < -0.3 is 4.90 Å². The number of rotatable bonds is 8. The molecule has 6 nitrogen and oxygen atoms in total. The highest BCUT2D eigenvalue weighted by Crippen LogP contribution is 2.25. The second kappa shape index (κ2) is 10.2. The van der Waals surface area contributed by atoms with Crippen LogP contribution < -0.4 is 4.90 Å². The van der Waals surface area contributed by atoms with Gasteiger partial charge in [-0.15, -0.1) is 0 Å². The molecule has 6 heteroatoms. The number of benzene rings is 3. The molecule has 0 fully saturated rings. The summed E-state index contributed by atoms with van der Waals surface area (Å²) >= 11 is 0. The van der Waals surface area contributed by atoms with E-state index >= 15 is 0 Å². The summed E-state index contributed by atoms with van der Waals surface area (Å²) in [7, 11) is 0. The molecular weight excluding hydrogens is 374 g/mol. The zero-order chi connectivity index (χ0) is 21.3. The maximum Gasteiger partial charge on any atom is 0.159 e. The van der Waals surface area contributed by atoms with E-state index in [0.29, 0.717) is 16.9 Å². The smallest absolute Gasteiger partial charge is 0.159 e. The maximum atomic E-state index is 11.3. The molecule has 0 aliphatic rings. The first-order valence-electron chi connectivity index (χ1n) is 9.98. The lowest BCUT2D eigenvalue weighted by Gasteiger charge is -2.20. The van der Waals surface area contributed by atoms with Crippen molar-refractivity contribution < 1.29 is 4.79 Å². The topological polar surface area (TPSA) is 69.8 Å². The number of hydrogen-bond donors (Lipinski definition) is 0. The monoisotopic (exact) mass is 399 g/mol. The average molecular weight is 399 g/mol. The maximum absolute atomic E-state index is 11.3. The van der Waals surface area contributed by atoms with Gasteiger partial charge >= 0.3 is 0 Å². The van der Waals surface area contributed by atoms with Gasteiger partial charge in [-0.25, -0.2) is 0 Å². The van der Waals surface area contributed by atoms with Crippen molar-refractivity contribution in [2.45, 2.75) is 20.8 Å². The van der Waals surface area contributed by atoms with E-state index < -0.39 is 0 Å². The number of nitrogens with zero attached hydrogens (tertiary/aromatic N) is 5. The van der Waals surface area contributed by atoms with Crippen molar-refractivity contribution in [1.82, 2.24) is 0 Å². The molecule has 0 aromatic heterocycles. The number of azo groups is 2. The molecule has 0 bridgehead atoms. The third-order valence-electron chi connectivity index (χ3n) is 4.66. The second-order valence-corrected chi connectivity index (χ2v) is 6.71. The van der Waals surface area contributed by atoms with Gasteiger partial charge in [0.1, 0.15) is 0 Å². The molecule has 30 heavy (non-hydrogen) atoms. The van der Waals surface area contributed by atoms with Crippen LogP contribution in [0.15, 0.2) is 93.3 Å². The molecular formula is C24H25N5O. The van der Waals surface area contributed by atoms with E-state index in [1.54, 1.807) is 24.3 Å². The Bertz CT molecular complexity index is 1020. The summed E-state index contributed by atoms with van der Waals surface area (Å²) in [6.07, 6.45) is 0. The van der Waals surface area contributed by atoms with Crippen molar-refractivity contribution in [3.63, 3.8) is 0 Å². The normalized spacial score (nSPS) is 11.3. The lowest BCUT2D eigenvalue weighted by atomic mass is 10.1. The van der Waals surface area contributed by atoms with Crippen LogP contribution in [-0.4, -0.2) is 18.9 Å². The van der Waals surface area contributed by atoms with Crippen molar-refractivity contribution in [3.05, 3.63) is 78.4 Å². The molecule has 0 amide bonds. The third kappa shape index (κ3) is 5.67. The van der Waals surface area contributed by atoms with Gasteiger partial charge in [-0.1, -0.05) is 0 Å². The predicted octanol–water partition coefficient (Wildman–Crippen LogP) is 7.57. The van der Waals surface area contributed by atoms with Gasteiger partial charge in [0.25, 0.3) is 0 Å². The zero-order valence-corrected chi connectivity index (χ0v) is 17.5. The predicted molar refractivity (Wildman–Crippen MR) is 121 cm³/mol. The number of carbonyl (C=O) groups excluding carboxylic acids is 1. The van der Waals surface area contributed by atoms with Crippen LogP contribution >= 0.6 is 0 Å². The summed E-state index contributed by atoms with van der Waals surface area (Å²) in [6.45, 7) is 7.78. The minimum atomic E-state index is 0.0306. The molecule has 0 radical (unpaired) electrons. The van der Waals surface area contributed by atoms with Crippen molar-refractivity contribution in [1.29, 1.82) is 0 Å². The Balaban J connectivity index is 1.62. The lowest BCUT2D eigenvalue weighted by Crippen LogP contribution is -2.21. The molecule has 0 spiro atoms. The van der Waals surface area contributed by atoms with E-state index in [-0.39, 0.29) is 5.78 Å². The van der Waals surface area contributed by atoms with Crippen LogP contribution in [0.3, 0.4) is 0 Å². The molecule has 0 saturated carbocycles. The fraction of sp³-hybridized carbons (Fsp3) is 0.208. The summed E-state index contributed by atoms with van der Waals surface area (Å²) in [6, 6.07) is 22.5. The molecule has 0 aliphatic carbocycles. The molecule has 3 rings (SSSR count). The van der Waals surface area contributed by atoms with Crippen molar-refractivity contribution in [3.8, 4) is 0 Å². The highest BCUT2D eigenvalue weighted by molar-refractivity contribution is 5.94. The highest BCUT2D eigenvalue weighted by atomic mass is 16.1. The van der Waals surface area contributed by atoms with Gasteiger partial charge in [0.2, 0.25) is 0 Å². The van der Waals surface area contributed by atoms with E-state index in [1.165, 1.54) is 12.6 Å². The number of hydrogen-bond acceptors (Lipinski definition) is 6. The fourth-order valence-electron chi connectivity index (χ4n) is 2.90. The quantitative estimate of drug-likeness (QED) is 0.289. The van der Waals surface area contributed by atoms with E-state index in [4.69, 9.17) is 0 Å². The third-order valence-corrected chi connectivity index (χ3v) is 4.66. The standard InChI is InChI=1S/C24H25N5O/c1-4-29(5-2)24-16-14-23(15-17-24)28-27-22-12-10-21(11-13-22)26-25-20-8-6-19(7-9-20)18(3)30/h6-17H,4-5H2,1-3H3. The second-order valence-electron chi connectivity index (χ2n) is 6.71. The van der Waals surface area contributed by atoms with Crippen LogP contribution in [0.4, 0.5) is 28.4 Å². The minimum absolute atomic E-state index is 0.0306. The van der Waals surface area contributed by atoms with Crippen LogP contribution in [0.25, 0.3) is 0 Å². The SMILES string of the molecule is CCN(CC)c1ccc(N=Nc2ccc(N=Nc3ccc(C(C)=O)cc3)cc2)cc1. The Morgan fingerprint density at radius 1 is 0.633 bits per heavy atom. The summed E-state index contributed by atoms with van der Waals surface area (Å²) in [5, 5.41) is 17.0. The lowest BCUT2D eigenvalue weighted by molar-refractivity contribution is 0.101. The Labute approximate surface area is 177 Å². The van der Waals surface area contributed by atoms with Gasteiger partial charge in [0.05, 0.1) is 22.7 Å². The van der Waals surface area contributed by atoms with Crippen LogP contribution in [0.1, 0.15) is 31.1 Å². The minimum Gasteiger partial charge on any atom is -0.372 e. The largest absolute Gasteiger partial charge is 0.372 e. The zero-order valence-electron chi connectivity index (χ0n) is 17.5. The van der Waals surface area contributed by atoms with Gasteiger partial charge in [0.15, 0.2) is 5.78 Å². The fourth-order valence-corrected chi connectivity index (χ4v) is 2.90. The van der Waals surface area contributed by atoms with Crippen LogP contribution in [0.2, 0.25) is 0 Å². The summed E-state index contributed by atoms with van der Waals surface area (Å²) in [4.78, 5) is 13.6. The van der Waals surface area contributed by atoms with Crippen molar-refractivity contribution in [2.75, 3.05) is 18.0 Å². The Hall–Kier alpha value is -3.67. The van der Waals surface area contributed by atoms with E-state index in [2.05, 4.69) is 51.3 Å². The van der Waals surface area contributed by atoms with Crippen LogP contribution in [0.5, 0.6) is 0 Å². The molecule has 0 unspecified atom stereocenters. The number of carbonyl (C=O) groups is 1. The average Bonchev–Trinajstić information content (AvgIpc) is 2.79. The van der Waals surface area contributed by atoms with Gasteiger partial charge in [-0.05, 0) is 93.6 Å². The number of Topliss-reactive ketones (excluding diaryl/α,β-unsaturated/α-hetero) is 1. The first-order valence-corrected chi connectivity index (χ1v) is 9.98. The van der Waals surface area contributed by atoms with E-state index in [9.17, 15) is 4.79 Å². The van der Waals surface area contributed by atoms with E-state index in [0.717, 1.165) is 24.5 Å². The molecule has 0 aliphatic heterocycles. The molecule has 0 N–H and O–H groups in total. The molecule has 3 aromatic rings. The molecule has 0 heterocycles. The van der Waals surface area contributed by atoms with Gasteiger partial charge in [0, 0.05) is 24.3 Å². The molecule has 0 atom stereocenters. The number of anilines is 1. The molecule has 3 aromatic carbocycles. The van der Waals surface area contributed by atoms with Crippen LogP contribution in [0, 0.1) is 0 Å².